The highest BCUT2D eigenvalue weighted by atomic mass is 16.4. The number of carboxylic acids is 1. The topological polar surface area (TPSA) is 105 Å². The Labute approximate surface area is 122 Å². The van der Waals surface area contributed by atoms with Crippen molar-refractivity contribution in [2.24, 2.45) is 7.05 Å². The van der Waals surface area contributed by atoms with Crippen molar-refractivity contribution in [3.8, 4) is 0 Å². The molecule has 0 radical (unpaired) electrons. The van der Waals surface area contributed by atoms with Gasteiger partial charge in [0.15, 0.2) is 0 Å². The summed E-state index contributed by atoms with van der Waals surface area (Å²) in [4.78, 5) is 35.7. The molecule has 0 fully saturated rings. The second-order valence-corrected chi connectivity index (χ2v) is 4.79. The molecule has 1 heterocycles. The van der Waals surface area contributed by atoms with Crippen LogP contribution < -0.4 is 5.32 Å². The van der Waals surface area contributed by atoms with Gasteiger partial charge in [0.25, 0.3) is 5.91 Å². The Bertz CT molecular complexity index is 552. The number of carbonyl (C=O) groups is 3. The van der Waals surface area contributed by atoms with E-state index in [1.807, 2.05) is 0 Å². The predicted molar refractivity (Wildman–Crippen MR) is 74.8 cm³/mol. The summed E-state index contributed by atoms with van der Waals surface area (Å²) in [6, 6.07) is 0.601. The molecule has 2 N–H and O–H groups in total. The number of aryl methyl sites for hydroxylation is 2. The zero-order chi connectivity index (χ0) is 16.2. The fraction of sp³-hybridized carbons (Fsp3) is 0.538. The number of rotatable bonds is 6. The van der Waals surface area contributed by atoms with Crippen molar-refractivity contribution in [2.45, 2.75) is 26.8 Å². The average molecular weight is 296 g/mol. The number of hydrogen-bond acceptors (Lipinski definition) is 4. The molecule has 1 aromatic heterocycles. The molecule has 0 aromatic carbocycles. The highest BCUT2D eigenvalue weighted by Gasteiger charge is 2.28. The molecule has 116 valence electrons. The molecule has 1 rings (SSSR count). The molecule has 8 nitrogen and oxygen atoms in total. The Morgan fingerprint density at radius 2 is 2.10 bits per heavy atom. The number of aliphatic carboxylic acids is 1. The van der Waals surface area contributed by atoms with Gasteiger partial charge in [0.2, 0.25) is 5.91 Å². The van der Waals surface area contributed by atoms with Gasteiger partial charge in [-0.25, -0.2) is 4.79 Å². The molecule has 0 aliphatic heterocycles. The second-order valence-electron chi connectivity index (χ2n) is 4.79. The largest absolute Gasteiger partial charge is 0.480 e. The molecule has 0 bridgehead atoms. The number of carbonyl (C=O) groups excluding carboxylic acids is 2. The molecule has 0 saturated carbocycles. The maximum Gasteiger partial charge on any atom is 0.326 e. The quantitative estimate of drug-likeness (QED) is 0.755. The fourth-order valence-electron chi connectivity index (χ4n) is 1.91. The molecule has 0 spiro atoms. The fourth-order valence-corrected chi connectivity index (χ4v) is 1.91. The first-order valence-corrected chi connectivity index (χ1v) is 6.53. The van der Waals surface area contributed by atoms with Crippen LogP contribution in [0.3, 0.4) is 0 Å². The van der Waals surface area contributed by atoms with Crippen LogP contribution in [0.25, 0.3) is 0 Å². The van der Waals surface area contributed by atoms with Crippen LogP contribution in [0.2, 0.25) is 0 Å². The number of amides is 2. The minimum atomic E-state index is -1.11. The van der Waals surface area contributed by atoms with Gasteiger partial charge in [-0.2, -0.15) is 5.10 Å². The number of carboxylic acid groups (broad SMARTS) is 1. The van der Waals surface area contributed by atoms with Gasteiger partial charge in [0.05, 0.1) is 5.69 Å². The lowest BCUT2D eigenvalue weighted by atomic mass is 10.2. The summed E-state index contributed by atoms with van der Waals surface area (Å²) >= 11 is 0. The molecule has 21 heavy (non-hydrogen) atoms. The highest BCUT2D eigenvalue weighted by Crippen LogP contribution is 2.10. The Kier molecular flexibility index (Phi) is 5.45. The van der Waals surface area contributed by atoms with E-state index in [4.69, 9.17) is 5.11 Å². The van der Waals surface area contributed by atoms with E-state index >= 15 is 0 Å². The molecule has 8 heteroatoms. The maximum atomic E-state index is 12.5. The van der Waals surface area contributed by atoms with Gasteiger partial charge in [0.1, 0.15) is 11.7 Å². The SMILES string of the molecule is CC(=O)NCCN(C(=O)c1cc(C)nn1C)C(C)C(=O)O. The zero-order valence-corrected chi connectivity index (χ0v) is 12.6. The van der Waals surface area contributed by atoms with Gasteiger partial charge in [-0.05, 0) is 19.9 Å². The van der Waals surface area contributed by atoms with Crippen molar-refractivity contribution in [2.75, 3.05) is 13.1 Å². The van der Waals surface area contributed by atoms with Crippen LogP contribution in [-0.2, 0) is 16.6 Å². The molecular formula is C13H20N4O4. The summed E-state index contributed by atoms with van der Waals surface area (Å²) in [7, 11) is 1.62. The third kappa shape index (κ3) is 4.30. The van der Waals surface area contributed by atoms with E-state index in [0.717, 1.165) is 0 Å². The van der Waals surface area contributed by atoms with Gasteiger partial charge in [-0.1, -0.05) is 0 Å². The van der Waals surface area contributed by atoms with Crippen molar-refractivity contribution in [3.05, 3.63) is 17.5 Å². The third-order valence-corrected chi connectivity index (χ3v) is 3.03. The second kappa shape index (κ2) is 6.87. The van der Waals surface area contributed by atoms with Crippen molar-refractivity contribution >= 4 is 17.8 Å². The molecule has 1 unspecified atom stereocenters. The third-order valence-electron chi connectivity index (χ3n) is 3.03. The lowest BCUT2D eigenvalue weighted by Crippen LogP contribution is -2.47. The lowest BCUT2D eigenvalue weighted by Gasteiger charge is -2.26. The number of aromatic nitrogens is 2. The van der Waals surface area contributed by atoms with E-state index in [9.17, 15) is 14.4 Å². The van der Waals surface area contributed by atoms with Crippen molar-refractivity contribution in [3.63, 3.8) is 0 Å². The molecule has 0 aliphatic carbocycles. The summed E-state index contributed by atoms with van der Waals surface area (Å²) in [6.45, 7) is 4.83. The number of nitrogens with zero attached hydrogens (tertiary/aromatic N) is 3. The summed E-state index contributed by atoms with van der Waals surface area (Å²) in [5.41, 5.74) is 0.981. The van der Waals surface area contributed by atoms with Gasteiger partial charge in [0, 0.05) is 27.1 Å². The van der Waals surface area contributed by atoms with Crippen molar-refractivity contribution in [1.82, 2.24) is 20.0 Å². The van der Waals surface area contributed by atoms with E-state index in [-0.39, 0.29) is 19.0 Å². The summed E-state index contributed by atoms with van der Waals surface area (Å²) in [6.07, 6.45) is 0. The van der Waals surface area contributed by atoms with Gasteiger partial charge in [-0.3, -0.25) is 14.3 Å². The number of hydrogen-bond donors (Lipinski definition) is 2. The van der Waals surface area contributed by atoms with E-state index in [2.05, 4.69) is 10.4 Å². The normalized spacial score (nSPS) is 11.8. The van der Waals surface area contributed by atoms with Crippen LogP contribution in [0.4, 0.5) is 0 Å². The Balaban J connectivity index is 2.94. The van der Waals surface area contributed by atoms with Gasteiger partial charge >= 0.3 is 5.97 Å². The first-order chi connectivity index (χ1) is 9.73. The average Bonchev–Trinajstić information content (AvgIpc) is 2.72. The Morgan fingerprint density at radius 1 is 1.48 bits per heavy atom. The summed E-state index contributed by atoms with van der Waals surface area (Å²) < 4.78 is 1.41. The van der Waals surface area contributed by atoms with Crippen LogP contribution in [0.5, 0.6) is 0 Å². The molecule has 1 atom stereocenters. The molecule has 0 saturated heterocycles. The van der Waals surface area contributed by atoms with Gasteiger partial charge < -0.3 is 15.3 Å². The van der Waals surface area contributed by atoms with Crippen LogP contribution in [0.15, 0.2) is 6.07 Å². The Hall–Kier alpha value is -2.38. The number of nitrogens with one attached hydrogen (secondary N) is 1. The Morgan fingerprint density at radius 3 is 2.52 bits per heavy atom. The van der Waals surface area contributed by atoms with Crippen LogP contribution >= 0.6 is 0 Å². The first kappa shape index (κ1) is 16.7. The molecule has 2 amide bonds. The standard InChI is InChI=1S/C13H20N4O4/c1-8-7-11(16(4)15-8)12(19)17(9(2)13(20)21)6-5-14-10(3)18/h7,9H,5-6H2,1-4H3,(H,14,18)(H,20,21). The molecular weight excluding hydrogens is 276 g/mol. The molecule has 0 aliphatic rings. The monoisotopic (exact) mass is 296 g/mol. The highest BCUT2D eigenvalue weighted by molar-refractivity contribution is 5.95. The van der Waals surface area contributed by atoms with E-state index in [1.165, 1.54) is 23.4 Å². The van der Waals surface area contributed by atoms with E-state index in [1.54, 1.807) is 20.0 Å². The lowest BCUT2D eigenvalue weighted by molar-refractivity contribution is -0.141. The van der Waals surface area contributed by atoms with Crippen molar-refractivity contribution < 1.29 is 19.5 Å². The summed E-state index contributed by atoms with van der Waals surface area (Å²) in [5.74, 6) is -1.77. The van der Waals surface area contributed by atoms with E-state index in [0.29, 0.717) is 11.4 Å². The minimum Gasteiger partial charge on any atom is -0.480 e. The minimum absolute atomic E-state index is 0.107. The van der Waals surface area contributed by atoms with Crippen LogP contribution in [-0.4, -0.2) is 56.7 Å². The summed E-state index contributed by atoms with van der Waals surface area (Å²) in [5, 5.41) is 15.8. The molecule has 1 aromatic rings. The van der Waals surface area contributed by atoms with Crippen LogP contribution in [0.1, 0.15) is 30.0 Å². The predicted octanol–water partition coefficient (Wildman–Crippen LogP) is -0.220. The van der Waals surface area contributed by atoms with E-state index < -0.39 is 17.9 Å². The zero-order valence-electron chi connectivity index (χ0n) is 12.6. The first-order valence-electron chi connectivity index (χ1n) is 6.53. The van der Waals surface area contributed by atoms with Crippen LogP contribution in [0, 0.1) is 6.92 Å². The van der Waals surface area contributed by atoms with Gasteiger partial charge in [-0.15, -0.1) is 0 Å². The maximum absolute atomic E-state index is 12.5. The van der Waals surface area contributed by atoms with Crippen molar-refractivity contribution in [1.29, 1.82) is 0 Å². The smallest absolute Gasteiger partial charge is 0.326 e.